The lowest BCUT2D eigenvalue weighted by atomic mass is 10.1. The van der Waals surface area contributed by atoms with Gasteiger partial charge in [-0.2, -0.15) is 0 Å². The molecule has 0 spiro atoms. The Morgan fingerprint density at radius 1 is 1.16 bits per heavy atom. The summed E-state index contributed by atoms with van der Waals surface area (Å²) in [5, 5.41) is 0. The van der Waals surface area contributed by atoms with Crippen LogP contribution >= 0.6 is 0 Å². The van der Waals surface area contributed by atoms with Gasteiger partial charge >= 0.3 is 0 Å². The molecule has 1 aromatic carbocycles. The Morgan fingerprint density at radius 2 is 1.74 bits per heavy atom. The second kappa shape index (κ2) is 7.03. The zero-order valence-corrected chi connectivity index (χ0v) is 12.7. The molecule has 1 aromatic rings. The van der Waals surface area contributed by atoms with E-state index in [-0.39, 0.29) is 6.04 Å². The Balaban J connectivity index is 2.76. The van der Waals surface area contributed by atoms with E-state index < -0.39 is 10.0 Å². The predicted molar refractivity (Wildman–Crippen MR) is 78.4 cm³/mol. The predicted octanol–water partition coefficient (Wildman–Crippen LogP) is 1.90. The number of nitrogens with two attached hydrogens (primary N) is 1. The first-order valence-corrected chi connectivity index (χ1v) is 8.15. The molecule has 0 fully saturated rings. The van der Waals surface area contributed by atoms with E-state index in [1.165, 1.54) is 0 Å². The molecular weight excluding hydrogens is 260 g/mol. The lowest BCUT2D eigenvalue weighted by Crippen LogP contribution is -2.33. The fourth-order valence-electron chi connectivity index (χ4n) is 2.09. The molecule has 4 nitrogen and oxygen atoms in total. The Hall–Kier alpha value is -0.910. The molecule has 0 radical (unpaired) electrons. The van der Waals surface area contributed by atoms with E-state index in [1.54, 1.807) is 12.1 Å². The molecule has 0 aliphatic heterocycles. The van der Waals surface area contributed by atoms with Gasteiger partial charge in [-0.15, -0.1) is 0 Å². The fourth-order valence-corrected chi connectivity index (χ4v) is 3.35. The Morgan fingerprint density at radius 3 is 2.21 bits per heavy atom. The average molecular weight is 284 g/mol. The van der Waals surface area contributed by atoms with Crippen molar-refractivity contribution < 1.29 is 8.42 Å². The molecule has 0 bridgehead atoms. The van der Waals surface area contributed by atoms with Crippen LogP contribution in [-0.2, 0) is 16.4 Å². The van der Waals surface area contributed by atoms with Crippen LogP contribution in [0.2, 0.25) is 0 Å². The van der Waals surface area contributed by atoms with Gasteiger partial charge in [0.05, 0.1) is 4.90 Å². The summed E-state index contributed by atoms with van der Waals surface area (Å²) in [7, 11) is -3.42. The maximum Gasteiger partial charge on any atom is 0.240 e. The molecule has 0 aromatic heterocycles. The highest BCUT2D eigenvalue weighted by Gasteiger charge is 2.17. The van der Waals surface area contributed by atoms with E-state index in [0.29, 0.717) is 17.4 Å². The van der Waals surface area contributed by atoms with Gasteiger partial charge in [0, 0.05) is 6.04 Å². The van der Waals surface area contributed by atoms with Crippen LogP contribution in [0, 0.1) is 5.92 Å². The molecule has 0 saturated heterocycles. The molecule has 0 amide bonds. The molecule has 19 heavy (non-hydrogen) atoms. The molecule has 0 heterocycles. The molecule has 0 aliphatic rings. The van der Waals surface area contributed by atoms with E-state index in [4.69, 9.17) is 5.73 Å². The Bertz CT molecular complexity index is 481. The average Bonchev–Trinajstić information content (AvgIpc) is 2.28. The summed E-state index contributed by atoms with van der Waals surface area (Å²) in [6.07, 6.45) is 1.59. The largest absolute Gasteiger partial charge is 0.330 e. The molecule has 0 aliphatic carbocycles. The first-order chi connectivity index (χ1) is 8.85. The van der Waals surface area contributed by atoms with Crippen LogP contribution in [0.4, 0.5) is 0 Å². The van der Waals surface area contributed by atoms with Gasteiger partial charge in [0.1, 0.15) is 0 Å². The molecule has 5 heteroatoms. The fraction of sp³-hybridized carbons (Fsp3) is 0.571. The summed E-state index contributed by atoms with van der Waals surface area (Å²) in [5.74, 6) is 0.463. The van der Waals surface area contributed by atoms with Crippen LogP contribution in [0.15, 0.2) is 29.2 Å². The maximum atomic E-state index is 12.2. The van der Waals surface area contributed by atoms with E-state index in [0.717, 1.165) is 18.4 Å². The first kappa shape index (κ1) is 16.1. The summed E-state index contributed by atoms with van der Waals surface area (Å²) in [4.78, 5) is 0.309. The van der Waals surface area contributed by atoms with Crippen LogP contribution in [0.1, 0.15) is 32.8 Å². The molecule has 3 N–H and O–H groups in total. The van der Waals surface area contributed by atoms with E-state index in [2.05, 4.69) is 18.6 Å². The van der Waals surface area contributed by atoms with Gasteiger partial charge in [0.2, 0.25) is 10.0 Å². The van der Waals surface area contributed by atoms with Gasteiger partial charge in [-0.25, -0.2) is 13.1 Å². The van der Waals surface area contributed by atoms with Gasteiger partial charge in [-0.1, -0.05) is 26.0 Å². The van der Waals surface area contributed by atoms with Gasteiger partial charge in [0.15, 0.2) is 0 Å². The van der Waals surface area contributed by atoms with Crippen molar-refractivity contribution in [1.29, 1.82) is 0 Å². The SMILES string of the molecule is CC(C)CC(C)NS(=O)(=O)c1ccc(CCN)cc1. The third kappa shape index (κ3) is 5.30. The normalized spacial score (nSPS) is 13.7. The lowest BCUT2D eigenvalue weighted by Gasteiger charge is -2.16. The third-order valence-corrected chi connectivity index (χ3v) is 4.45. The molecule has 1 unspecified atom stereocenters. The monoisotopic (exact) mass is 284 g/mol. The summed E-state index contributed by atoms with van der Waals surface area (Å²) >= 11 is 0. The van der Waals surface area contributed by atoms with Crippen LogP contribution in [0.3, 0.4) is 0 Å². The summed E-state index contributed by atoms with van der Waals surface area (Å²) in [5.41, 5.74) is 6.52. The standard InChI is InChI=1S/C14H24N2O2S/c1-11(2)10-12(3)16-19(17,18)14-6-4-13(5-7-14)8-9-15/h4-7,11-12,16H,8-10,15H2,1-3H3. The van der Waals surface area contributed by atoms with Crippen molar-refractivity contribution in [2.24, 2.45) is 11.7 Å². The van der Waals surface area contributed by atoms with Crippen LogP contribution < -0.4 is 10.5 Å². The lowest BCUT2D eigenvalue weighted by molar-refractivity contribution is 0.482. The molecule has 1 atom stereocenters. The quantitative estimate of drug-likeness (QED) is 0.803. The minimum Gasteiger partial charge on any atom is -0.330 e. The smallest absolute Gasteiger partial charge is 0.240 e. The van der Waals surface area contributed by atoms with Gasteiger partial charge < -0.3 is 5.73 Å². The first-order valence-electron chi connectivity index (χ1n) is 6.66. The molecule has 108 valence electrons. The molecule has 1 rings (SSSR count). The Labute approximate surface area is 116 Å². The number of sulfonamides is 1. The van der Waals surface area contributed by atoms with Crippen molar-refractivity contribution in [3.63, 3.8) is 0 Å². The number of hydrogen-bond acceptors (Lipinski definition) is 3. The molecular formula is C14H24N2O2S. The summed E-state index contributed by atoms with van der Waals surface area (Å²) in [6, 6.07) is 6.84. The van der Waals surface area contributed by atoms with Gasteiger partial charge in [-0.3, -0.25) is 0 Å². The van der Waals surface area contributed by atoms with Crippen molar-refractivity contribution in [3.8, 4) is 0 Å². The summed E-state index contributed by atoms with van der Waals surface area (Å²) < 4.78 is 27.0. The number of benzene rings is 1. The Kier molecular flexibility index (Phi) is 5.97. The van der Waals surface area contributed by atoms with E-state index in [1.807, 2.05) is 19.1 Å². The molecule has 0 saturated carbocycles. The van der Waals surface area contributed by atoms with Crippen molar-refractivity contribution in [3.05, 3.63) is 29.8 Å². The van der Waals surface area contributed by atoms with Crippen LogP contribution in [0.25, 0.3) is 0 Å². The van der Waals surface area contributed by atoms with Crippen LogP contribution in [-0.4, -0.2) is 21.0 Å². The highest BCUT2D eigenvalue weighted by Crippen LogP contribution is 2.13. The van der Waals surface area contributed by atoms with Crippen molar-refractivity contribution in [2.45, 2.75) is 44.6 Å². The minimum absolute atomic E-state index is 0.0614. The second-order valence-electron chi connectivity index (χ2n) is 5.33. The zero-order chi connectivity index (χ0) is 14.5. The zero-order valence-electron chi connectivity index (χ0n) is 11.9. The number of nitrogens with one attached hydrogen (secondary N) is 1. The highest BCUT2D eigenvalue weighted by molar-refractivity contribution is 7.89. The van der Waals surface area contributed by atoms with Gasteiger partial charge in [0.25, 0.3) is 0 Å². The van der Waals surface area contributed by atoms with Crippen LogP contribution in [0.5, 0.6) is 0 Å². The van der Waals surface area contributed by atoms with Crippen molar-refractivity contribution >= 4 is 10.0 Å². The number of rotatable bonds is 7. The van der Waals surface area contributed by atoms with Gasteiger partial charge in [-0.05, 0) is 49.9 Å². The van der Waals surface area contributed by atoms with E-state index >= 15 is 0 Å². The third-order valence-electron chi connectivity index (χ3n) is 2.85. The second-order valence-corrected chi connectivity index (χ2v) is 7.05. The highest BCUT2D eigenvalue weighted by atomic mass is 32.2. The van der Waals surface area contributed by atoms with Crippen molar-refractivity contribution in [1.82, 2.24) is 4.72 Å². The topological polar surface area (TPSA) is 72.2 Å². The van der Waals surface area contributed by atoms with E-state index in [9.17, 15) is 8.42 Å². The maximum absolute atomic E-state index is 12.2. The minimum atomic E-state index is -3.42. The number of hydrogen-bond donors (Lipinski definition) is 2. The van der Waals surface area contributed by atoms with Crippen molar-refractivity contribution in [2.75, 3.05) is 6.54 Å². The summed E-state index contributed by atoms with van der Waals surface area (Å²) in [6.45, 7) is 6.61.